The molecule has 2 aliphatic rings. The molecule has 11 heteroatoms. The third kappa shape index (κ3) is 6.01. The molecule has 2 saturated heterocycles. The van der Waals surface area contributed by atoms with Crippen molar-refractivity contribution in [2.24, 2.45) is 11.8 Å². The summed E-state index contributed by atoms with van der Waals surface area (Å²) < 4.78 is 43.6. The largest absolute Gasteiger partial charge is 0.430 e. The Hall–Kier alpha value is -2.37. The number of anilines is 1. The number of aliphatic hydroxyl groups is 2. The molecule has 0 radical (unpaired) electrons. The number of piperidine rings is 2. The number of hydrogen-bond donors (Lipinski definition) is 2. The summed E-state index contributed by atoms with van der Waals surface area (Å²) in [5.74, 6) is -0.455. The van der Waals surface area contributed by atoms with E-state index in [0.29, 0.717) is 40.0 Å². The molecular weight excluding hydrogens is 587 g/mol. The van der Waals surface area contributed by atoms with E-state index in [1.165, 1.54) is 16.3 Å². The van der Waals surface area contributed by atoms with E-state index in [-0.39, 0.29) is 24.0 Å². The topological polar surface area (TPSA) is 67.2 Å². The van der Waals surface area contributed by atoms with Crippen molar-refractivity contribution >= 4 is 44.6 Å². The lowest BCUT2D eigenvalue weighted by atomic mass is 9.82. The first-order chi connectivity index (χ1) is 19.9. The highest BCUT2D eigenvalue weighted by atomic mass is 35.5. The first-order valence-corrected chi connectivity index (χ1v) is 15.6. The molecule has 3 aromatic rings. The second-order valence-corrected chi connectivity index (χ2v) is 13.1. The van der Waals surface area contributed by atoms with Crippen molar-refractivity contribution in [2.75, 3.05) is 45.2 Å². The van der Waals surface area contributed by atoms with E-state index in [4.69, 9.17) is 11.6 Å². The Kier molecular flexibility index (Phi) is 9.11. The van der Waals surface area contributed by atoms with Gasteiger partial charge in [-0.15, -0.1) is 11.3 Å². The second kappa shape index (κ2) is 12.3. The van der Waals surface area contributed by atoms with Crippen molar-refractivity contribution in [3.63, 3.8) is 0 Å². The number of fused-ring (bicyclic) bond motifs is 1. The normalized spacial score (nSPS) is 19.8. The Morgan fingerprint density at radius 2 is 1.67 bits per heavy atom. The monoisotopic (exact) mass is 623 g/mol. The SMILES string of the molecule is CN(C)C(O)c1ccc(N2CCC(CC3CCN(C(=O)[C@](O)(c4csc5ccccc45)C(F)(F)F)CC3)CC2)cc1Cl. The molecule has 0 aliphatic carbocycles. The number of likely N-dealkylation sites (tertiary alicyclic amines) is 1. The predicted octanol–water partition coefficient (Wildman–Crippen LogP) is 6.40. The van der Waals surface area contributed by atoms with E-state index in [0.717, 1.165) is 49.4 Å². The summed E-state index contributed by atoms with van der Waals surface area (Å²) in [6, 6.07) is 12.3. The first-order valence-electron chi connectivity index (χ1n) is 14.3. The lowest BCUT2D eigenvalue weighted by Crippen LogP contribution is -2.57. The van der Waals surface area contributed by atoms with Crippen LogP contribution in [0.2, 0.25) is 5.02 Å². The van der Waals surface area contributed by atoms with Gasteiger partial charge in [0, 0.05) is 52.7 Å². The van der Waals surface area contributed by atoms with Gasteiger partial charge in [-0.2, -0.15) is 13.2 Å². The zero-order chi connectivity index (χ0) is 30.2. The van der Waals surface area contributed by atoms with E-state index in [2.05, 4.69) is 4.90 Å². The fourth-order valence-electron chi connectivity index (χ4n) is 6.35. The van der Waals surface area contributed by atoms with E-state index < -0.39 is 23.9 Å². The van der Waals surface area contributed by atoms with E-state index in [1.807, 2.05) is 18.2 Å². The molecule has 6 nitrogen and oxygen atoms in total. The maximum atomic E-state index is 14.3. The summed E-state index contributed by atoms with van der Waals surface area (Å²) in [6.07, 6.45) is -1.70. The predicted molar refractivity (Wildman–Crippen MR) is 161 cm³/mol. The summed E-state index contributed by atoms with van der Waals surface area (Å²) in [5, 5.41) is 23.4. The van der Waals surface area contributed by atoms with Crippen molar-refractivity contribution in [1.82, 2.24) is 9.80 Å². The number of hydrogen-bond acceptors (Lipinski definition) is 6. The number of thiophene rings is 1. The number of nitrogens with zero attached hydrogens (tertiary/aromatic N) is 3. The molecule has 5 rings (SSSR count). The number of amides is 1. The van der Waals surface area contributed by atoms with Gasteiger partial charge in [-0.1, -0.05) is 35.9 Å². The summed E-state index contributed by atoms with van der Waals surface area (Å²) in [6.45, 7) is 2.15. The smallest absolute Gasteiger partial charge is 0.374 e. The fourth-order valence-corrected chi connectivity index (χ4v) is 7.62. The van der Waals surface area contributed by atoms with E-state index >= 15 is 0 Å². The van der Waals surface area contributed by atoms with E-state index in [9.17, 15) is 28.2 Å². The zero-order valence-corrected chi connectivity index (χ0v) is 25.4. The van der Waals surface area contributed by atoms with E-state index in [1.54, 1.807) is 37.2 Å². The third-order valence-electron chi connectivity index (χ3n) is 8.89. The van der Waals surface area contributed by atoms with Gasteiger partial charge < -0.3 is 20.0 Å². The summed E-state index contributed by atoms with van der Waals surface area (Å²) in [5.41, 5.74) is -2.27. The van der Waals surface area contributed by atoms with Gasteiger partial charge in [0.2, 0.25) is 0 Å². The molecule has 2 fully saturated rings. The molecule has 228 valence electrons. The second-order valence-electron chi connectivity index (χ2n) is 11.8. The number of halogens is 4. The number of carbonyl (C=O) groups excluding carboxylic acids is 1. The number of aliphatic hydroxyl groups excluding tert-OH is 1. The third-order valence-corrected chi connectivity index (χ3v) is 10.2. The van der Waals surface area contributed by atoms with Crippen LogP contribution in [0.1, 0.15) is 49.5 Å². The van der Waals surface area contributed by atoms with Crippen LogP contribution in [-0.4, -0.2) is 72.4 Å². The number of alkyl halides is 3. The molecule has 1 aromatic heterocycles. The Morgan fingerprint density at radius 1 is 1.05 bits per heavy atom. The Balaban J connectivity index is 1.16. The van der Waals surface area contributed by atoms with Crippen molar-refractivity contribution in [2.45, 2.75) is 50.1 Å². The highest BCUT2D eigenvalue weighted by Crippen LogP contribution is 2.45. The van der Waals surface area contributed by atoms with Crippen LogP contribution in [-0.2, 0) is 10.4 Å². The lowest BCUT2D eigenvalue weighted by molar-refractivity contribution is -0.261. The summed E-state index contributed by atoms with van der Waals surface area (Å²) in [7, 11) is 3.58. The van der Waals surface area contributed by atoms with Crippen LogP contribution in [0.3, 0.4) is 0 Å². The quantitative estimate of drug-likeness (QED) is 0.298. The Bertz CT molecular complexity index is 1400. The molecule has 3 heterocycles. The van der Waals surface area contributed by atoms with Gasteiger partial charge in [-0.25, -0.2) is 0 Å². The average molecular weight is 624 g/mol. The molecule has 42 heavy (non-hydrogen) atoms. The van der Waals surface area contributed by atoms with Crippen LogP contribution in [0.25, 0.3) is 10.1 Å². The van der Waals surface area contributed by atoms with Gasteiger partial charge >= 0.3 is 6.18 Å². The van der Waals surface area contributed by atoms with Gasteiger partial charge in [0.1, 0.15) is 6.23 Å². The highest BCUT2D eigenvalue weighted by molar-refractivity contribution is 7.17. The molecule has 0 saturated carbocycles. The fraction of sp³-hybridized carbons (Fsp3) is 0.516. The first kappa shape index (κ1) is 31.1. The molecule has 0 bridgehead atoms. The van der Waals surface area contributed by atoms with Gasteiger partial charge in [-0.3, -0.25) is 9.69 Å². The number of carbonyl (C=O) groups is 1. The van der Waals surface area contributed by atoms with Gasteiger partial charge in [-0.05, 0) is 87.0 Å². The standard InChI is InChI=1S/C31H37ClF3N3O3S/c1-36(2)28(39)24-8-7-22(18-26(24)32)37-13-9-20(10-14-37)17-21-11-15-38(16-12-21)29(40)30(41,31(33,34)35)25-19-42-27-6-4-3-5-23(25)27/h3-8,18-21,28,39,41H,9-17H2,1-2H3/t28?,30-/m1/s1. The average Bonchev–Trinajstić information content (AvgIpc) is 3.41. The summed E-state index contributed by atoms with van der Waals surface area (Å²) >= 11 is 7.56. The van der Waals surface area contributed by atoms with Gasteiger partial charge in [0.25, 0.3) is 11.5 Å². The maximum Gasteiger partial charge on any atom is 0.430 e. The van der Waals surface area contributed by atoms with Crippen LogP contribution in [0.4, 0.5) is 18.9 Å². The minimum absolute atomic E-state index is 0.201. The molecule has 2 N–H and O–H groups in total. The maximum absolute atomic E-state index is 14.3. The van der Waals surface area contributed by atoms with Crippen molar-refractivity contribution in [3.05, 3.63) is 64.0 Å². The molecule has 2 aromatic carbocycles. The Labute approximate surface area is 253 Å². The number of benzene rings is 2. The minimum atomic E-state index is -5.14. The zero-order valence-electron chi connectivity index (χ0n) is 23.8. The minimum Gasteiger partial charge on any atom is -0.374 e. The van der Waals surface area contributed by atoms with Gasteiger partial charge in [0.05, 0.1) is 0 Å². The van der Waals surface area contributed by atoms with Crippen molar-refractivity contribution in [3.8, 4) is 0 Å². The molecule has 1 amide bonds. The van der Waals surface area contributed by atoms with Crippen LogP contribution < -0.4 is 4.90 Å². The summed E-state index contributed by atoms with van der Waals surface area (Å²) in [4.78, 5) is 18.5. The van der Waals surface area contributed by atoms with Crippen molar-refractivity contribution < 1.29 is 28.2 Å². The van der Waals surface area contributed by atoms with Crippen molar-refractivity contribution in [1.29, 1.82) is 0 Å². The molecule has 0 spiro atoms. The van der Waals surface area contributed by atoms with Crippen LogP contribution in [0.5, 0.6) is 0 Å². The lowest BCUT2D eigenvalue weighted by Gasteiger charge is -2.40. The highest BCUT2D eigenvalue weighted by Gasteiger charge is 2.63. The van der Waals surface area contributed by atoms with Gasteiger partial charge in [0.15, 0.2) is 0 Å². The molecule has 2 atom stereocenters. The van der Waals surface area contributed by atoms with Crippen LogP contribution in [0, 0.1) is 11.8 Å². The van der Waals surface area contributed by atoms with Crippen LogP contribution in [0.15, 0.2) is 47.8 Å². The Morgan fingerprint density at radius 3 is 2.26 bits per heavy atom. The molecule has 2 aliphatic heterocycles. The van der Waals surface area contributed by atoms with Crippen LogP contribution >= 0.6 is 22.9 Å². The molecule has 1 unspecified atom stereocenters. The number of rotatable bonds is 7. The molecular formula is C31H37ClF3N3O3S.